The first-order chi connectivity index (χ1) is 9.03. The SMILES string of the molecule is Cn1nnc(COc2cccc3c2OC(C)(C)C3)n1. The zero-order chi connectivity index (χ0) is 13.5. The number of nitrogens with zero attached hydrogens (tertiary/aromatic N) is 4. The van der Waals surface area contributed by atoms with Crippen molar-refractivity contribution < 1.29 is 9.47 Å². The molecule has 1 aromatic heterocycles. The molecule has 0 radical (unpaired) electrons. The largest absolute Gasteiger partial charge is 0.483 e. The fourth-order valence-corrected chi connectivity index (χ4v) is 2.22. The average molecular weight is 260 g/mol. The highest BCUT2D eigenvalue weighted by Crippen LogP contribution is 2.41. The van der Waals surface area contributed by atoms with Crippen molar-refractivity contribution in [2.24, 2.45) is 7.05 Å². The molecule has 1 aromatic carbocycles. The maximum atomic E-state index is 5.93. The van der Waals surface area contributed by atoms with E-state index in [1.807, 2.05) is 12.1 Å². The number of hydrogen-bond donors (Lipinski definition) is 0. The molecule has 1 aliphatic heterocycles. The predicted molar refractivity (Wildman–Crippen MR) is 68.0 cm³/mol. The van der Waals surface area contributed by atoms with Crippen LogP contribution in [0, 0.1) is 0 Å². The zero-order valence-electron chi connectivity index (χ0n) is 11.3. The van der Waals surface area contributed by atoms with E-state index in [0.717, 1.165) is 17.9 Å². The lowest BCUT2D eigenvalue weighted by molar-refractivity contribution is 0.131. The van der Waals surface area contributed by atoms with Crippen LogP contribution in [0.5, 0.6) is 11.5 Å². The van der Waals surface area contributed by atoms with Crippen LogP contribution >= 0.6 is 0 Å². The maximum absolute atomic E-state index is 5.93. The Hall–Kier alpha value is -2.11. The van der Waals surface area contributed by atoms with E-state index in [2.05, 4.69) is 35.3 Å². The third kappa shape index (κ3) is 2.38. The summed E-state index contributed by atoms with van der Waals surface area (Å²) in [5.41, 5.74) is 1.00. The van der Waals surface area contributed by atoms with Crippen LogP contribution < -0.4 is 9.47 Å². The second kappa shape index (κ2) is 4.22. The maximum Gasteiger partial charge on any atom is 0.212 e. The summed E-state index contributed by atoms with van der Waals surface area (Å²) >= 11 is 0. The molecule has 0 unspecified atom stereocenters. The Labute approximate surface area is 111 Å². The van der Waals surface area contributed by atoms with Crippen LogP contribution in [0.1, 0.15) is 25.2 Å². The number of para-hydroxylation sites is 1. The molecule has 1 aliphatic rings. The molecular weight excluding hydrogens is 244 g/mol. The van der Waals surface area contributed by atoms with Crippen molar-refractivity contribution in [2.75, 3.05) is 0 Å². The van der Waals surface area contributed by atoms with Crippen LogP contribution in [0.25, 0.3) is 0 Å². The normalized spacial score (nSPS) is 15.9. The van der Waals surface area contributed by atoms with Crippen LogP contribution in [0.3, 0.4) is 0 Å². The van der Waals surface area contributed by atoms with Crippen molar-refractivity contribution in [3.63, 3.8) is 0 Å². The molecule has 2 aromatic rings. The van der Waals surface area contributed by atoms with Gasteiger partial charge in [-0.1, -0.05) is 12.1 Å². The highest BCUT2D eigenvalue weighted by molar-refractivity contribution is 5.50. The average Bonchev–Trinajstić information content (AvgIpc) is 2.88. The van der Waals surface area contributed by atoms with E-state index >= 15 is 0 Å². The highest BCUT2D eigenvalue weighted by atomic mass is 16.5. The molecule has 0 amide bonds. The number of aryl methyl sites for hydroxylation is 1. The van der Waals surface area contributed by atoms with Gasteiger partial charge in [0.25, 0.3) is 0 Å². The van der Waals surface area contributed by atoms with Crippen molar-refractivity contribution in [3.8, 4) is 11.5 Å². The molecule has 0 bridgehead atoms. The number of tetrazole rings is 1. The molecule has 0 saturated heterocycles. The Morgan fingerprint density at radius 2 is 2.26 bits per heavy atom. The number of hydrogen-bond acceptors (Lipinski definition) is 5. The van der Waals surface area contributed by atoms with E-state index in [1.54, 1.807) is 7.05 Å². The predicted octanol–water partition coefficient (Wildman–Crippen LogP) is 1.50. The van der Waals surface area contributed by atoms with E-state index < -0.39 is 0 Å². The van der Waals surface area contributed by atoms with Crippen LogP contribution in [0.2, 0.25) is 0 Å². The van der Waals surface area contributed by atoms with Crippen molar-refractivity contribution in [1.82, 2.24) is 20.2 Å². The first-order valence-corrected chi connectivity index (χ1v) is 6.20. The summed E-state index contributed by atoms with van der Waals surface area (Å²) in [7, 11) is 1.72. The molecule has 0 atom stereocenters. The molecule has 0 fully saturated rings. The second-order valence-electron chi connectivity index (χ2n) is 5.27. The molecule has 2 heterocycles. The Morgan fingerprint density at radius 1 is 1.42 bits per heavy atom. The monoisotopic (exact) mass is 260 g/mol. The van der Waals surface area contributed by atoms with Crippen molar-refractivity contribution >= 4 is 0 Å². The van der Waals surface area contributed by atoms with Gasteiger partial charge < -0.3 is 9.47 Å². The van der Waals surface area contributed by atoms with Crippen molar-refractivity contribution in [3.05, 3.63) is 29.6 Å². The molecule has 0 spiro atoms. The number of fused-ring (bicyclic) bond motifs is 1. The summed E-state index contributed by atoms with van der Waals surface area (Å²) in [4.78, 5) is 1.41. The van der Waals surface area contributed by atoms with Gasteiger partial charge in [0.05, 0.1) is 7.05 Å². The summed E-state index contributed by atoms with van der Waals surface area (Å²) in [6.45, 7) is 4.43. The summed E-state index contributed by atoms with van der Waals surface area (Å²) in [6.07, 6.45) is 0.892. The molecule has 6 nitrogen and oxygen atoms in total. The van der Waals surface area contributed by atoms with Gasteiger partial charge in [0.2, 0.25) is 5.82 Å². The van der Waals surface area contributed by atoms with E-state index in [-0.39, 0.29) is 12.2 Å². The second-order valence-corrected chi connectivity index (χ2v) is 5.27. The number of rotatable bonds is 3. The molecule has 19 heavy (non-hydrogen) atoms. The lowest BCUT2D eigenvalue weighted by Crippen LogP contribution is -2.24. The lowest BCUT2D eigenvalue weighted by Gasteiger charge is -2.18. The number of benzene rings is 1. The molecule has 0 saturated carbocycles. The summed E-state index contributed by atoms with van der Waals surface area (Å²) in [5, 5.41) is 11.7. The minimum absolute atomic E-state index is 0.174. The van der Waals surface area contributed by atoms with Gasteiger partial charge in [-0.2, -0.15) is 4.80 Å². The minimum atomic E-state index is -0.174. The van der Waals surface area contributed by atoms with Gasteiger partial charge in [-0.3, -0.25) is 0 Å². The van der Waals surface area contributed by atoms with Gasteiger partial charge in [-0.25, -0.2) is 0 Å². The Morgan fingerprint density at radius 3 is 3.00 bits per heavy atom. The Kier molecular flexibility index (Phi) is 2.66. The quantitative estimate of drug-likeness (QED) is 0.837. The first-order valence-electron chi connectivity index (χ1n) is 6.20. The summed E-state index contributed by atoms with van der Waals surface area (Å²) < 4.78 is 11.7. The van der Waals surface area contributed by atoms with Crippen LogP contribution in [-0.2, 0) is 20.1 Å². The van der Waals surface area contributed by atoms with E-state index in [0.29, 0.717) is 5.82 Å². The van der Waals surface area contributed by atoms with Gasteiger partial charge in [-0.05, 0) is 25.1 Å². The molecule has 0 N–H and O–H groups in total. The van der Waals surface area contributed by atoms with Gasteiger partial charge in [0, 0.05) is 12.0 Å². The fourth-order valence-electron chi connectivity index (χ4n) is 2.22. The number of aromatic nitrogens is 4. The van der Waals surface area contributed by atoms with Gasteiger partial charge >= 0.3 is 0 Å². The van der Waals surface area contributed by atoms with Gasteiger partial charge in [-0.15, -0.1) is 10.2 Å². The van der Waals surface area contributed by atoms with Crippen LogP contribution in [0.15, 0.2) is 18.2 Å². The van der Waals surface area contributed by atoms with E-state index in [4.69, 9.17) is 9.47 Å². The summed E-state index contributed by atoms with van der Waals surface area (Å²) in [6, 6.07) is 5.94. The van der Waals surface area contributed by atoms with E-state index in [1.165, 1.54) is 10.4 Å². The molecular formula is C13H16N4O2. The topological polar surface area (TPSA) is 62.1 Å². The molecule has 0 aliphatic carbocycles. The van der Waals surface area contributed by atoms with Crippen molar-refractivity contribution in [1.29, 1.82) is 0 Å². The summed E-state index contributed by atoms with van der Waals surface area (Å²) in [5.74, 6) is 2.12. The first kappa shape index (κ1) is 12.0. The standard InChI is InChI=1S/C13H16N4O2/c1-13(2)7-9-5-4-6-10(12(9)19-13)18-8-11-14-16-17(3)15-11/h4-6H,7-8H2,1-3H3. The molecule has 6 heteroatoms. The van der Waals surface area contributed by atoms with Gasteiger partial charge in [0.1, 0.15) is 5.60 Å². The smallest absolute Gasteiger partial charge is 0.212 e. The Balaban J connectivity index is 1.78. The molecule has 100 valence electrons. The minimum Gasteiger partial charge on any atom is -0.483 e. The zero-order valence-corrected chi connectivity index (χ0v) is 11.3. The molecule has 3 rings (SSSR count). The van der Waals surface area contributed by atoms with Crippen molar-refractivity contribution in [2.45, 2.75) is 32.5 Å². The number of ether oxygens (including phenoxy) is 2. The highest BCUT2D eigenvalue weighted by Gasteiger charge is 2.32. The lowest BCUT2D eigenvalue weighted by atomic mass is 10.0. The van der Waals surface area contributed by atoms with Crippen LogP contribution in [0.4, 0.5) is 0 Å². The van der Waals surface area contributed by atoms with E-state index in [9.17, 15) is 0 Å². The third-order valence-electron chi connectivity index (χ3n) is 2.96. The fraction of sp³-hybridized carbons (Fsp3) is 0.462. The third-order valence-corrected chi connectivity index (χ3v) is 2.96. The Bertz CT molecular complexity index is 606. The van der Waals surface area contributed by atoms with Crippen LogP contribution in [-0.4, -0.2) is 25.8 Å². The van der Waals surface area contributed by atoms with Gasteiger partial charge in [0.15, 0.2) is 18.1 Å².